The van der Waals surface area contributed by atoms with E-state index in [1.807, 2.05) is 36.4 Å². The van der Waals surface area contributed by atoms with Crippen LogP contribution in [0.4, 0.5) is 4.79 Å². The third-order valence-corrected chi connectivity index (χ3v) is 5.18. The Morgan fingerprint density at radius 3 is 1.93 bits per heavy atom. The van der Waals surface area contributed by atoms with Gasteiger partial charge in [-0.2, -0.15) is 0 Å². The van der Waals surface area contributed by atoms with Crippen molar-refractivity contribution in [2.45, 2.75) is 32.6 Å². The summed E-state index contributed by atoms with van der Waals surface area (Å²) in [6.07, 6.45) is 2.46. The predicted molar refractivity (Wildman–Crippen MR) is 116 cm³/mol. The first kappa shape index (κ1) is 21.0. The van der Waals surface area contributed by atoms with Crippen molar-refractivity contribution < 1.29 is 19.1 Å². The molecule has 1 saturated heterocycles. The molecule has 0 unspecified atom stereocenters. The maximum absolute atomic E-state index is 11.6. The maximum atomic E-state index is 11.6. The van der Waals surface area contributed by atoms with E-state index in [4.69, 9.17) is 9.47 Å². The van der Waals surface area contributed by atoms with E-state index in [2.05, 4.69) is 38.2 Å². The van der Waals surface area contributed by atoms with Gasteiger partial charge in [-0.3, -0.25) is 14.9 Å². The number of ether oxygens (including phenoxy) is 2. The second-order valence-electron chi connectivity index (χ2n) is 7.75. The average Bonchev–Trinajstić information content (AvgIpc) is 2.99. The van der Waals surface area contributed by atoms with Crippen molar-refractivity contribution in [3.63, 3.8) is 0 Å². The first-order valence-corrected chi connectivity index (χ1v) is 10.3. The van der Waals surface area contributed by atoms with Crippen LogP contribution in [-0.4, -0.2) is 24.4 Å². The van der Waals surface area contributed by atoms with Gasteiger partial charge < -0.3 is 9.47 Å². The van der Waals surface area contributed by atoms with Crippen molar-refractivity contribution in [3.8, 4) is 11.5 Å². The van der Waals surface area contributed by atoms with Crippen molar-refractivity contribution in [1.82, 2.24) is 5.32 Å². The van der Waals surface area contributed by atoms with Gasteiger partial charge in [-0.05, 0) is 58.6 Å². The Morgan fingerprint density at radius 2 is 1.45 bits per heavy atom. The minimum absolute atomic E-state index is 0.137. The Kier molecular flexibility index (Phi) is 6.64. The quantitative estimate of drug-likeness (QED) is 0.504. The Balaban J connectivity index is 1.40. The molecule has 2 aromatic rings. The van der Waals surface area contributed by atoms with Crippen LogP contribution in [0.15, 0.2) is 53.4 Å². The highest BCUT2D eigenvalue weighted by molar-refractivity contribution is 8.18. The lowest BCUT2D eigenvalue weighted by atomic mass is 9.87. The van der Waals surface area contributed by atoms with E-state index < -0.39 is 0 Å². The predicted octanol–water partition coefficient (Wildman–Crippen LogP) is 5.16. The molecule has 0 aromatic heterocycles. The molecule has 3 rings (SSSR count). The van der Waals surface area contributed by atoms with Crippen molar-refractivity contribution in [3.05, 3.63) is 64.6 Å². The van der Waals surface area contributed by atoms with E-state index in [9.17, 15) is 9.59 Å². The molecular formula is C23H25NO4S. The molecular weight excluding hydrogens is 386 g/mol. The van der Waals surface area contributed by atoms with Gasteiger partial charge in [-0.15, -0.1) is 0 Å². The lowest BCUT2D eigenvalue weighted by Gasteiger charge is -2.19. The number of carbonyl (C=O) groups is 2. The number of benzene rings is 2. The summed E-state index contributed by atoms with van der Waals surface area (Å²) < 4.78 is 11.5. The summed E-state index contributed by atoms with van der Waals surface area (Å²) >= 11 is 0.908. The number of thioether (sulfide) groups is 1. The lowest BCUT2D eigenvalue weighted by molar-refractivity contribution is -0.115. The maximum Gasteiger partial charge on any atom is 0.290 e. The fourth-order valence-electron chi connectivity index (χ4n) is 2.72. The molecule has 0 aliphatic carbocycles. The van der Waals surface area contributed by atoms with Gasteiger partial charge in [0.15, 0.2) is 0 Å². The summed E-state index contributed by atoms with van der Waals surface area (Å²) in [5, 5.41) is 1.90. The minimum Gasteiger partial charge on any atom is -0.493 e. The molecule has 1 fully saturated rings. The van der Waals surface area contributed by atoms with Crippen molar-refractivity contribution in [1.29, 1.82) is 0 Å². The van der Waals surface area contributed by atoms with E-state index in [1.54, 1.807) is 6.08 Å². The van der Waals surface area contributed by atoms with E-state index in [0.29, 0.717) is 18.1 Å². The second-order valence-corrected chi connectivity index (χ2v) is 8.76. The van der Waals surface area contributed by atoms with Gasteiger partial charge in [0, 0.05) is 6.42 Å². The molecule has 0 bridgehead atoms. The summed E-state index contributed by atoms with van der Waals surface area (Å²) in [5.74, 6) is 1.26. The number of carbonyl (C=O) groups excluding carboxylic acids is 2. The van der Waals surface area contributed by atoms with E-state index >= 15 is 0 Å². The summed E-state index contributed by atoms with van der Waals surface area (Å²) in [4.78, 5) is 23.1. The highest BCUT2D eigenvalue weighted by atomic mass is 32.2. The fraction of sp³-hybridized carbons (Fsp3) is 0.304. The average molecular weight is 412 g/mol. The molecule has 1 heterocycles. The molecule has 0 spiro atoms. The van der Waals surface area contributed by atoms with Gasteiger partial charge in [-0.25, -0.2) is 0 Å². The number of rotatable bonds is 7. The topological polar surface area (TPSA) is 64.6 Å². The largest absolute Gasteiger partial charge is 0.493 e. The highest BCUT2D eigenvalue weighted by Gasteiger charge is 2.24. The molecule has 29 heavy (non-hydrogen) atoms. The Labute approximate surface area is 175 Å². The number of nitrogens with one attached hydrogen (secondary N) is 1. The second kappa shape index (κ2) is 9.18. The summed E-state index contributed by atoms with van der Waals surface area (Å²) in [6.45, 7) is 7.70. The van der Waals surface area contributed by atoms with Crippen LogP contribution in [0.5, 0.6) is 11.5 Å². The van der Waals surface area contributed by atoms with Gasteiger partial charge >= 0.3 is 0 Å². The SMILES string of the molecule is CC(C)(C)c1ccc(OCCCOc2ccc(/C=C3/SC(=O)NC3=O)cc2)cc1. The van der Waals surface area contributed by atoms with E-state index in [-0.39, 0.29) is 16.6 Å². The first-order chi connectivity index (χ1) is 13.8. The summed E-state index contributed by atoms with van der Waals surface area (Å²) in [7, 11) is 0. The molecule has 0 radical (unpaired) electrons. The highest BCUT2D eigenvalue weighted by Crippen LogP contribution is 2.26. The molecule has 2 amide bonds. The molecule has 0 atom stereocenters. The van der Waals surface area contributed by atoms with Crippen LogP contribution in [0.2, 0.25) is 0 Å². The molecule has 1 N–H and O–H groups in total. The molecule has 6 heteroatoms. The van der Waals surface area contributed by atoms with Crippen LogP contribution in [0, 0.1) is 0 Å². The van der Waals surface area contributed by atoms with Crippen LogP contribution in [0.3, 0.4) is 0 Å². The molecule has 1 aliphatic heterocycles. The molecule has 1 aliphatic rings. The number of imide groups is 1. The molecule has 0 saturated carbocycles. The zero-order valence-corrected chi connectivity index (χ0v) is 17.7. The van der Waals surface area contributed by atoms with Crippen LogP contribution >= 0.6 is 11.8 Å². The van der Waals surface area contributed by atoms with Gasteiger partial charge in [0.05, 0.1) is 18.1 Å². The normalized spacial score (nSPS) is 15.5. The van der Waals surface area contributed by atoms with Gasteiger partial charge in [0.25, 0.3) is 11.1 Å². The van der Waals surface area contributed by atoms with Crippen molar-refractivity contribution in [2.24, 2.45) is 0 Å². The Bertz CT molecular complexity index is 896. The summed E-state index contributed by atoms with van der Waals surface area (Å²) in [6, 6.07) is 15.6. The third kappa shape index (κ3) is 6.12. The minimum atomic E-state index is -0.353. The number of hydrogen-bond donors (Lipinski definition) is 1. The van der Waals surface area contributed by atoms with Crippen LogP contribution in [0.1, 0.15) is 38.3 Å². The Hall–Kier alpha value is -2.73. The smallest absolute Gasteiger partial charge is 0.290 e. The van der Waals surface area contributed by atoms with Gasteiger partial charge in [0.2, 0.25) is 0 Å². The molecule has 152 valence electrons. The number of hydrogen-bond acceptors (Lipinski definition) is 5. The zero-order valence-electron chi connectivity index (χ0n) is 16.9. The van der Waals surface area contributed by atoms with Crippen molar-refractivity contribution >= 4 is 29.0 Å². The molecule has 2 aromatic carbocycles. The lowest BCUT2D eigenvalue weighted by Crippen LogP contribution is -2.17. The fourth-order valence-corrected chi connectivity index (χ4v) is 3.41. The van der Waals surface area contributed by atoms with Gasteiger partial charge in [-0.1, -0.05) is 45.0 Å². The van der Waals surface area contributed by atoms with Crippen LogP contribution in [-0.2, 0) is 10.2 Å². The molecule has 5 nitrogen and oxygen atoms in total. The van der Waals surface area contributed by atoms with Crippen LogP contribution in [0.25, 0.3) is 6.08 Å². The Morgan fingerprint density at radius 1 is 0.897 bits per heavy atom. The van der Waals surface area contributed by atoms with Crippen LogP contribution < -0.4 is 14.8 Å². The first-order valence-electron chi connectivity index (χ1n) is 9.52. The monoisotopic (exact) mass is 411 g/mol. The van der Waals surface area contributed by atoms with Crippen molar-refractivity contribution in [2.75, 3.05) is 13.2 Å². The van der Waals surface area contributed by atoms with E-state index in [1.165, 1.54) is 5.56 Å². The summed E-state index contributed by atoms with van der Waals surface area (Å²) in [5.41, 5.74) is 2.26. The van der Waals surface area contributed by atoms with E-state index in [0.717, 1.165) is 35.2 Å². The third-order valence-electron chi connectivity index (χ3n) is 4.37. The zero-order chi connectivity index (χ0) is 20.9. The number of amides is 2. The standard InChI is InChI=1S/C23H25NO4S/c1-23(2,3)17-7-11-19(12-8-17)28-14-4-13-27-18-9-5-16(6-10-18)15-20-21(25)24-22(26)29-20/h5-12,15H,4,13-14H2,1-3H3,(H,24,25,26)/b20-15+. The van der Waals surface area contributed by atoms with Gasteiger partial charge in [0.1, 0.15) is 11.5 Å².